The van der Waals surface area contributed by atoms with Gasteiger partial charge in [-0.1, -0.05) is 6.92 Å². The molecule has 1 nitrogen and oxygen atoms in total. The first-order chi connectivity index (χ1) is 4.88. The molecule has 0 amide bonds. The predicted molar refractivity (Wildman–Crippen MR) is 36.4 cm³/mol. The molecule has 0 fully saturated rings. The van der Waals surface area contributed by atoms with Crippen molar-refractivity contribution >= 4 is 0 Å². The van der Waals surface area contributed by atoms with Crippen LogP contribution in [0, 0.1) is 0 Å². The fraction of sp³-hybridized carbons (Fsp3) is 1.00. The zero-order valence-electron chi connectivity index (χ0n) is 6.90. The molecule has 68 valence electrons. The summed E-state index contributed by atoms with van der Waals surface area (Å²) in [6, 6.07) is 0. The third-order valence-corrected chi connectivity index (χ3v) is 1.47. The van der Waals surface area contributed by atoms with Crippen LogP contribution in [0.15, 0.2) is 0 Å². The second-order valence-corrected chi connectivity index (χ2v) is 2.54. The molecule has 0 radical (unpaired) electrons. The van der Waals surface area contributed by atoms with Crippen LogP contribution in [0.25, 0.3) is 0 Å². The normalized spacial score (nSPS) is 18.0. The molecule has 0 saturated heterocycles. The Morgan fingerprint density at radius 1 is 1.27 bits per heavy atom. The van der Waals surface area contributed by atoms with Gasteiger partial charge in [0.25, 0.3) is 0 Å². The molecule has 0 aliphatic carbocycles. The highest BCUT2D eigenvalue weighted by Crippen LogP contribution is 2.23. The topological polar surface area (TPSA) is 9.23 Å². The van der Waals surface area contributed by atoms with Crippen LogP contribution in [0.5, 0.6) is 0 Å². The zero-order chi connectivity index (χ0) is 9.07. The molecule has 0 N–H and O–H groups in total. The molecule has 0 rings (SSSR count). The maximum absolute atomic E-state index is 11.8. The van der Waals surface area contributed by atoms with Gasteiger partial charge in [-0.2, -0.15) is 13.2 Å². The number of rotatable bonds is 3. The van der Waals surface area contributed by atoms with E-state index < -0.39 is 12.3 Å². The van der Waals surface area contributed by atoms with E-state index in [2.05, 4.69) is 4.74 Å². The van der Waals surface area contributed by atoms with Gasteiger partial charge in [-0.05, 0) is 20.3 Å². The minimum atomic E-state index is -4.23. The van der Waals surface area contributed by atoms with Crippen molar-refractivity contribution in [3.8, 4) is 0 Å². The molecule has 0 aliphatic heterocycles. The Hall–Kier alpha value is -0.250. The van der Waals surface area contributed by atoms with Crippen molar-refractivity contribution < 1.29 is 17.9 Å². The van der Waals surface area contributed by atoms with Crippen LogP contribution < -0.4 is 0 Å². The smallest absolute Gasteiger partial charge is 0.366 e. The van der Waals surface area contributed by atoms with Gasteiger partial charge in [-0.3, -0.25) is 0 Å². The molecular formula is C7H13F3O. The average Bonchev–Trinajstić information content (AvgIpc) is 1.85. The van der Waals surface area contributed by atoms with Crippen LogP contribution in [0.3, 0.4) is 0 Å². The third kappa shape index (κ3) is 4.24. The molecule has 2 unspecified atom stereocenters. The Bertz CT molecular complexity index is 111. The fourth-order valence-corrected chi connectivity index (χ4v) is 0.522. The van der Waals surface area contributed by atoms with Gasteiger partial charge in [0.2, 0.25) is 0 Å². The van der Waals surface area contributed by atoms with E-state index in [1.807, 2.05) is 0 Å². The van der Waals surface area contributed by atoms with Gasteiger partial charge in [0.15, 0.2) is 6.10 Å². The summed E-state index contributed by atoms with van der Waals surface area (Å²) >= 11 is 0. The second kappa shape index (κ2) is 3.95. The predicted octanol–water partition coefficient (Wildman–Crippen LogP) is 2.75. The molecular weight excluding hydrogens is 157 g/mol. The molecule has 0 aromatic rings. The number of alkyl halides is 3. The first-order valence-corrected chi connectivity index (χ1v) is 3.60. The molecule has 0 bridgehead atoms. The van der Waals surface area contributed by atoms with Crippen molar-refractivity contribution in [1.29, 1.82) is 0 Å². The molecule has 0 aliphatic rings. The lowest BCUT2D eigenvalue weighted by Gasteiger charge is -2.20. The summed E-state index contributed by atoms with van der Waals surface area (Å²) in [7, 11) is 0. The molecule has 4 heteroatoms. The lowest BCUT2D eigenvalue weighted by Crippen LogP contribution is -2.31. The van der Waals surface area contributed by atoms with Crippen LogP contribution in [0.1, 0.15) is 27.2 Å². The molecule has 11 heavy (non-hydrogen) atoms. The van der Waals surface area contributed by atoms with E-state index in [0.717, 1.165) is 6.92 Å². The van der Waals surface area contributed by atoms with E-state index in [9.17, 15) is 13.2 Å². The summed E-state index contributed by atoms with van der Waals surface area (Å²) in [6.45, 7) is 4.43. The summed E-state index contributed by atoms with van der Waals surface area (Å²) in [4.78, 5) is 0. The third-order valence-electron chi connectivity index (χ3n) is 1.47. The summed E-state index contributed by atoms with van der Waals surface area (Å²) in [6.07, 6.45) is -5.62. The van der Waals surface area contributed by atoms with Crippen LogP contribution in [-0.2, 0) is 4.74 Å². The Morgan fingerprint density at radius 3 is 2.00 bits per heavy atom. The number of halogens is 3. The second-order valence-electron chi connectivity index (χ2n) is 2.54. The van der Waals surface area contributed by atoms with Gasteiger partial charge >= 0.3 is 6.18 Å². The van der Waals surface area contributed by atoms with Gasteiger partial charge < -0.3 is 4.74 Å². The maximum atomic E-state index is 11.8. The number of hydrogen-bond donors (Lipinski definition) is 0. The lowest BCUT2D eigenvalue weighted by molar-refractivity contribution is -0.225. The van der Waals surface area contributed by atoms with E-state index in [1.165, 1.54) is 0 Å². The Labute approximate surface area is 64.5 Å². The minimum absolute atomic E-state index is 0.327. The minimum Gasteiger partial charge on any atom is -0.366 e. The van der Waals surface area contributed by atoms with E-state index in [0.29, 0.717) is 6.42 Å². The Morgan fingerprint density at radius 2 is 1.73 bits per heavy atom. The van der Waals surface area contributed by atoms with Gasteiger partial charge in [0.05, 0.1) is 6.10 Å². The van der Waals surface area contributed by atoms with Crippen molar-refractivity contribution in [2.45, 2.75) is 45.6 Å². The van der Waals surface area contributed by atoms with Crippen molar-refractivity contribution in [2.24, 2.45) is 0 Å². The molecule has 0 aromatic heterocycles. The SMILES string of the molecule is CCC(C)OC(C)C(F)(F)F. The van der Waals surface area contributed by atoms with Crippen molar-refractivity contribution in [1.82, 2.24) is 0 Å². The monoisotopic (exact) mass is 170 g/mol. The van der Waals surface area contributed by atoms with Crippen LogP contribution >= 0.6 is 0 Å². The molecule has 0 heterocycles. The van der Waals surface area contributed by atoms with E-state index in [-0.39, 0.29) is 6.10 Å². The van der Waals surface area contributed by atoms with Crippen molar-refractivity contribution in [3.05, 3.63) is 0 Å². The van der Waals surface area contributed by atoms with Crippen LogP contribution in [0.4, 0.5) is 13.2 Å². The molecule has 0 aromatic carbocycles. The van der Waals surface area contributed by atoms with E-state index >= 15 is 0 Å². The summed E-state index contributed by atoms with van der Waals surface area (Å²) in [5.41, 5.74) is 0. The highest BCUT2D eigenvalue weighted by Gasteiger charge is 2.37. The average molecular weight is 170 g/mol. The van der Waals surface area contributed by atoms with Crippen LogP contribution in [0.2, 0.25) is 0 Å². The Kier molecular flexibility index (Phi) is 3.86. The van der Waals surface area contributed by atoms with Crippen LogP contribution in [-0.4, -0.2) is 18.4 Å². The van der Waals surface area contributed by atoms with Gasteiger partial charge in [0.1, 0.15) is 0 Å². The maximum Gasteiger partial charge on any atom is 0.414 e. The number of hydrogen-bond acceptors (Lipinski definition) is 1. The molecule has 0 saturated carbocycles. The van der Waals surface area contributed by atoms with E-state index in [4.69, 9.17) is 0 Å². The molecule has 2 atom stereocenters. The van der Waals surface area contributed by atoms with E-state index in [1.54, 1.807) is 13.8 Å². The largest absolute Gasteiger partial charge is 0.414 e. The number of ether oxygens (including phenoxy) is 1. The highest BCUT2D eigenvalue weighted by molar-refractivity contribution is 4.62. The lowest BCUT2D eigenvalue weighted by atomic mass is 10.3. The Balaban J connectivity index is 3.77. The van der Waals surface area contributed by atoms with Crippen molar-refractivity contribution in [3.63, 3.8) is 0 Å². The standard InChI is InChI=1S/C7H13F3O/c1-4-5(2)11-6(3)7(8,9)10/h5-6H,4H2,1-3H3. The zero-order valence-corrected chi connectivity index (χ0v) is 6.90. The van der Waals surface area contributed by atoms with Crippen molar-refractivity contribution in [2.75, 3.05) is 0 Å². The summed E-state index contributed by atoms with van der Waals surface area (Å²) in [5.74, 6) is 0. The fourth-order valence-electron chi connectivity index (χ4n) is 0.522. The first-order valence-electron chi connectivity index (χ1n) is 3.60. The van der Waals surface area contributed by atoms with Gasteiger partial charge in [0, 0.05) is 0 Å². The summed E-state index contributed by atoms with van der Waals surface area (Å²) < 4.78 is 40.1. The molecule has 0 spiro atoms. The first kappa shape index (κ1) is 10.8. The quantitative estimate of drug-likeness (QED) is 0.632. The van der Waals surface area contributed by atoms with Gasteiger partial charge in [-0.25, -0.2) is 0 Å². The summed E-state index contributed by atoms with van der Waals surface area (Å²) in [5, 5.41) is 0. The van der Waals surface area contributed by atoms with Gasteiger partial charge in [-0.15, -0.1) is 0 Å². The highest BCUT2D eigenvalue weighted by atomic mass is 19.4.